The molecule has 0 amide bonds. The Labute approximate surface area is 106 Å². The second kappa shape index (κ2) is 5.09. The van der Waals surface area contributed by atoms with Crippen LogP contribution in [0.3, 0.4) is 0 Å². The molecule has 0 atom stereocenters. The van der Waals surface area contributed by atoms with Crippen molar-refractivity contribution in [1.82, 2.24) is 0 Å². The third kappa shape index (κ3) is 2.70. The predicted molar refractivity (Wildman–Crippen MR) is 73.8 cm³/mol. The van der Waals surface area contributed by atoms with Gasteiger partial charge in [0, 0.05) is 16.2 Å². The summed E-state index contributed by atoms with van der Waals surface area (Å²) < 4.78 is 1.08. The maximum atomic E-state index is 5.80. The molecule has 3 N–H and O–H groups in total. The number of rotatable bonds is 2. The summed E-state index contributed by atoms with van der Waals surface area (Å²) in [5.74, 6) is 0. The topological polar surface area (TPSA) is 38.0 Å². The summed E-state index contributed by atoms with van der Waals surface area (Å²) in [6.07, 6.45) is 6.67. The van der Waals surface area contributed by atoms with Crippen molar-refractivity contribution in [3.63, 3.8) is 0 Å². The van der Waals surface area contributed by atoms with Crippen molar-refractivity contribution in [2.24, 2.45) is 0 Å². The molecule has 1 aliphatic rings. The normalized spacial score (nSPS) is 17.4. The number of hydrogen-bond acceptors (Lipinski definition) is 2. The molecule has 3 heteroatoms. The largest absolute Gasteiger partial charge is 0.399 e. The average Bonchev–Trinajstić information content (AvgIpc) is 2.25. The van der Waals surface area contributed by atoms with Crippen LogP contribution in [0.1, 0.15) is 37.7 Å². The smallest absolute Gasteiger partial charge is 0.0518 e. The first-order valence-electron chi connectivity index (χ1n) is 5.99. The van der Waals surface area contributed by atoms with Crippen molar-refractivity contribution in [2.45, 2.75) is 45.1 Å². The summed E-state index contributed by atoms with van der Waals surface area (Å²) in [6.45, 7) is 2.10. The highest BCUT2D eigenvalue weighted by atomic mass is 79.9. The van der Waals surface area contributed by atoms with Crippen molar-refractivity contribution >= 4 is 27.3 Å². The van der Waals surface area contributed by atoms with Crippen molar-refractivity contribution in [3.8, 4) is 0 Å². The van der Waals surface area contributed by atoms with Gasteiger partial charge < -0.3 is 11.1 Å². The van der Waals surface area contributed by atoms with Gasteiger partial charge in [-0.15, -0.1) is 0 Å². The number of nitrogens with one attached hydrogen (secondary N) is 1. The van der Waals surface area contributed by atoms with E-state index in [0.29, 0.717) is 6.04 Å². The van der Waals surface area contributed by atoms with Crippen molar-refractivity contribution in [1.29, 1.82) is 0 Å². The van der Waals surface area contributed by atoms with E-state index in [4.69, 9.17) is 5.73 Å². The molecule has 2 rings (SSSR count). The molecule has 0 aliphatic heterocycles. The molecule has 1 aliphatic carbocycles. The van der Waals surface area contributed by atoms with Gasteiger partial charge in [-0.25, -0.2) is 0 Å². The monoisotopic (exact) mass is 282 g/mol. The van der Waals surface area contributed by atoms with E-state index in [1.54, 1.807) is 0 Å². The molecule has 0 radical (unpaired) electrons. The zero-order valence-electron chi connectivity index (χ0n) is 9.72. The summed E-state index contributed by atoms with van der Waals surface area (Å²) in [4.78, 5) is 0. The van der Waals surface area contributed by atoms with E-state index in [9.17, 15) is 0 Å². The van der Waals surface area contributed by atoms with Crippen LogP contribution in [0.15, 0.2) is 16.6 Å². The number of anilines is 2. The molecule has 1 aromatic rings. The van der Waals surface area contributed by atoms with Gasteiger partial charge in [-0.3, -0.25) is 0 Å². The molecular weight excluding hydrogens is 264 g/mol. The van der Waals surface area contributed by atoms with E-state index in [1.165, 1.54) is 43.4 Å². The Morgan fingerprint density at radius 2 is 1.94 bits per heavy atom. The van der Waals surface area contributed by atoms with Gasteiger partial charge in [-0.2, -0.15) is 0 Å². The standard InChI is InChI=1S/C13H19BrN2/c1-9-7-10(15)8-12(14)13(9)16-11-5-3-2-4-6-11/h7-8,11,16H,2-6,15H2,1H3. The second-order valence-corrected chi connectivity index (χ2v) is 5.53. The van der Waals surface area contributed by atoms with E-state index in [-0.39, 0.29) is 0 Å². The van der Waals surface area contributed by atoms with Gasteiger partial charge in [-0.1, -0.05) is 19.3 Å². The fraction of sp³-hybridized carbons (Fsp3) is 0.538. The summed E-state index contributed by atoms with van der Waals surface area (Å²) in [5, 5.41) is 3.64. The van der Waals surface area contributed by atoms with Crippen LogP contribution in [-0.4, -0.2) is 6.04 Å². The van der Waals surface area contributed by atoms with Crippen LogP contribution in [0.4, 0.5) is 11.4 Å². The lowest BCUT2D eigenvalue weighted by Gasteiger charge is -2.25. The van der Waals surface area contributed by atoms with Crippen LogP contribution in [0, 0.1) is 6.92 Å². The minimum atomic E-state index is 0.632. The molecule has 88 valence electrons. The Bertz CT molecular complexity index is 347. The first kappa shape index (κ1) is 11.8. The lowest BCUT2D eigenvalue weighted by atomic mass is 9.95. The third-order valence-corrected chi connectivity index (χ3v) is 3.89. The van der Waals surface area contributed by atoms with Gasteiger partial charge in [0.1, 0.15) is 0 Å². The van der Waals surface area contributed by atoms with Crippen LogP contribution < -0.4 is 11.1 Å². The Balaban J connectivity index is 2.14. The predicted octanol–water partition coefficient (Wildman–Crippen LogP) is 4.08. The van der Waals surface area contributed by atoms with E-state index in [1.807, 2.05) is 12.1 Å². The van der Waals surface area contributed by atoms with Crippen LogP contribution in [0.2, 0.25) is 0 Å². The first-order valence-corrected chi connectivity index (χ1v) is 6.78. The van der Waals surface area contributed by atoms with Crippen LogP contribution in [0.5, 0.6) is 0 Å². The van der Waals surface area contributed by atoms with Crippen LogP contribution >= 0.6 is 15.9 Å². The minimum Gasteiger partial charge on any atom is -0.399 e. The van der Waals surface area contributed by atoms with Gasteiger partial charge in [0.25, 0.3) is 0 Å². The molecule has 0 unspecified atom stereocenters. The maximum Gasteiger partial charge on any atom is 0.0518 e. The van der Waals surface area contributed by atoms with E-state index < -0.39 is 0 Å². The number of hydrogen-bond donors (Lipinski definition) is 2. The third-order valence-electron chi connectivity index (χ3n) is 3.26. The number of nitrogen functional groups attached to an aromatic ring is 1. The SMILES string of the molecule is Cc1cc(N)cc(Br)c1NC1CCCCC1. The summed E-state index contributed by atoms with van der Waals surface area (Å²) >= 11 is 3.58. The van der Waals surface area contributed by atoms with Crippen molar-refractivity contribution in [2.75, 3.05) is 11.1 Å². The molecule has 0 saturated heterocycles. The highest BCUT2D eigenvalue weighted by Gasteiger charge is 2.15. The van der Waals surface area contributed by atoms with E-state index in [2.05, 4.69) is 28.2 Å². The number of benzene rings is 1. The molecule has 0 aromatic heterocycles. The second-order valence-electron chi connectivity index (χ2n) is 4.67. The summed E-state index contributed by atoms with van der Waals surface area (Å²) in [6, 6.07) is 4.63. The number of aryl methyl sites for hydroxylation is 1. The van der Waals surface area contributed by atoms with Gasteiger partial charge in [0.15, 0.2) is 0 Å². The summed E-state index contributed by atoms with van der Waals surface area (Å²) in [5.41, 5.74) is 9.05. The molecule has 1 aromatic carbocycles. The first-order chi connectivity index (χ1) is 7.66. The molecule has 0 bridgehead atoms. The molecule has 16 heavy (non-hydrogen) atoms. The van der Waals surface area contributed by atoms with Crippen LogP contribution in [-0.2, 0) is 0 Å². The van der Waals surface area contributed by atoms with E-state index in [0.717, 1.165) is 10.2 Å². The summed E-state index contributed by atoms with van der Waals surface area (Å²) in [7, 11) is 0. The van der Waals surface area contributed by atoms with Gasteiger partial charge in [0.05, 0.1) is 5.69 Å². The lowest BCUT2D eigenvalue weighted by molar-refractivity contribution is 0.462. The Morgan fingerprint density at radius 3 is 2.56 bits per heavy atom. The highest BCUT2D eigenvalue weighted by Crippen LogP contribution is 2.31. The van der Waals surface area contributed by atoms with Gasteiger partial charge >= 0.3 is 0 Å². The zero-order valence-corrected chi connectivity index (χ0v) is 11.3. The Hall–Kier alpha value is -0.700. The van der Waals surface area contributed by atoms with Gasteiger partial charge in [0.2, 0.25) is 0 Å². The lowest BCUT2D eigenvalue weighted by Crippen LogP contribution is -2.22. The fourth-order valence-corrected chi connectivity index (χ4v) is 3.10. The van der Waals surface area contributed by atoms with Crippen LogP contribution in [0.25, 0.3) is 0 Å². The molecular formula is C13H19BrN2. The Morgan fingerprint density at radius 1 is 1.25 bits per heavy atom. The number of halogens is 1. The fourth-order valence-electron chi connectivity index (χ4n) is 2.40. The van der Waals surface area contributed by atoms with Gasteiger partial charge in [-0.05, 0) is 53.4 Å². The molecule has 0 spiro atoms. The van der Waals surface area contributed by atoms with Crippen molar-refractivity contribution in [3.05, 3.63) is 22.2 Å². The molecule has 2 nitrogen and oxygen atoms in total. The maximum absolute atomic E-state index is 5.80. The molecule has 0 heterocycles. The van der Waals surface area contributed by atoms with E-state index >= 15 is 0 Å². The molecule has 1 fully saturated rings. The minimum absolute atomic E-state index is 0.632. The van der Waals surface area contributed by atoms with Crippen molar-refractivity contribution < 1.29 is 0 Å². The Kier molecular flexibility index (Phi) is 3.74. The average molecular weight is 283 g/mol. The zero-order chi connectivity index (χ0) is 11.5. The quantitative estimate of drug-likeness (QED) is 0.802. The number of nitrogens with two attached hydrogens (primary N) is 1. The molecule has 1 saturated carbocycles. The highest BCUT2D eigenvalue weighted by molar-refractivity contribution is 9.10.